The first-order valence-electron chi connectivity index (χ1n) is 6.01. The maximum Gasteiger partial charge on any atom is 0.308 e. The molecule has 1 N–H and O–H groups in total. The minimum absolute atomic E-state index is 0.0706. The van der Waals surface area contributed by atoms with Gasteiger partial charge in [0, 0.05) is 12.6 Å². The molecule has 1 aliphatic rings. The number of hydrogen-bond donors (Lipinski definition) is 1. The van der Waals surface area contributed by atoms with Crippen LogP contribution in [0.2, 0.25) is 0 Å². The lowest BCUT2D eigenvalue weighted by atomic mass is 10.3. The summed E-state index contributed by atoms with van der Waals surface area (Å²) < 4.78 is 33.1. The molecule has 1 aromatic carbocycles. The Morgan fingerprint density at radius 1 is 1.37 bits per heavy atom. The number of ether oxygens (including phenoxy) is 1. The number of nitrogens with one attached hydrogen (secondary N) is 1. The van der Waals surface area contributed by atoms with Gasteiger partial charge in [-0.3, -0.25) is 4.99 Å². The second-order valence-electron chi connectivity index (χ2n) is 3.95. The first-order chi connectivity index (χ1) is 9.09. The van der Waals surface area contributed by atoms with Gasteiger partial charge in [-0.05, 0) is 19.1 Å². The van der Waals surface area contributed by atoms with Gasteiger partial charge in [-0.15, -0.1) is 0 Å². The Kier molecular flexibility index (Phi) is 4.26. The van der Waals surface area contributed by atoms with Crippen LogP contribution in [-0.4, -0.2) is 39.7 Å². The van der Waals surface area contributed by atoms with E-state index in [1.54, 1.807) is 24.3 Å². The molecule has 6 nitrogen and oxygen atoms in total. The normalized spacial score (nSPS) is 14.7. The van der Waals surface area contributed by atoms with Crippen molar-refractivity contribution in [1.29, 1.82) is 0 Å². The summed E-state index contributed by atoms with van der Waals surface area (Å²) in [7, 11) is -3.51. The molecule has 0 atom stereocenters. The quantitative estimate of drug-likeness (QED) is 0.782. The topological polar surface area (TPSA) is 77.0 Å². The van der Waals surface area contributed by atoms with Crippen LogP contribution in [0.4, 0.5) is 0 Å². The largest absolute Gasteiger partial charge is 0.486 e. The molecule has 0 aromatic heterocycles. The van der Waals surface area contributed by atoms with E-state index in [4.69, 9.17) is 8.92 Å². The highest BCUT2D eigenvalue weighted by Gasteiger charge is 2.10. The van der Waals surface area contributed by atoms with Crippen LogP contribution in [0, 0.1) is 0 Å². The molecule has 7 heteroatoms. The van der Waals surface area contributed by atoms with Crippen molar-refractivity contribution >= 4 is 16.0 Å². The molecule has 19 heavy (non-hydrogen) atoms. The average molecular weight is 284 g/mol. The zero-order valence-electron chi connectivity index (χ0n) is 10.6. The highest BCUT2D eigenvalue weighted by atomic mass is 32.2. The summed E-state index contributed by atoms with van der Waals surface area (Å²) in [6.07, 6.45) is 0. The molecule has 0 radical (unpaired) electrons. The van der Waals surface area contributed by atoms with Crippen molar-refractivity contribution in [2.45, 2.75) is 6.92 Å². The zero-order valence-corrected chi connectivity index (χ0v) is 11.4. The van der Waals surface area contributed by atoms with Crippen LogP contribution in [0.1, 0.15) is 6.92 Å². The van der Waals surface area contributed by atoms with E-state index in [1.165, 1.54) is 6.92 Å². The van der Waals surface area contributed by atoms with Crippen molar-refractivity contribution in [1.82, 2.24) is 5.32 Å². The fourth-order valence-electron chi connectivity index (χ4n) is 1.52. The van der Waals surface area contributed by atoms with Gasteiger partial charge in [0.15, 0.2) is 0 Å². The van der Waals surface area contributed by atoms with Gasteiger partial charge in [-0.2, -0.15) is 8.42 Å². The molecule has 0 fully saturated rings. The van der Waals surface area contributed by atoms with Gasteiger partial charge in [0.05, 0.1) is 12.3 Å². The van der Waals surface area contributed by atoms with Gasteiger partial charge in [0.1, 0.15) is 23.9 Å². The van der Waals surface area contributed by atoms with E-state index < -0.39 is 10.1 Å². The third-order valence-corrected chi connectivity index (χ3v) is 3.65. The number of hydrogen-bond acceptors (Lipinski definition) is 6. The molecule has 1 heterocycles. The second-order valence-corrected chi connectivity index (χ2v) is 5.81. The molecular weight excluding hydrogens is 268 g/mol. The maximum atomic E-state index is 11.4. The minimum Gasteiger partial charge on any atom is -0.486 e. The molecule has 0 aliphatic carbocycles. The highest BCUT2D eigenvalue weighted by Crippen LogP contribution is 2.20. The summed E-state index contributed by atoms with van der Waals surface area (Å²) in [5.74, 6) is 1.52. The van der Waals surface area contributed by atoms with Gasteiger partial charge in [-0.1, -0.05) is 6.07 Å². The van der Waals surface area contributed by atoms with Crippen LogP contribution in [0.25, 0.3) is 0 Å². The zero-order chi connectivity index (χ0) is 13.7. The van der Waals surface area contributed by atoms with Crippen LogP contribution in [0.5, 0.6) is 11.5 Å². The minimum atomic E-state index is -3.51. The van der Waals surface area contributed by atoms with E-state index >= 15 is 0 Å². The molecular formula is C12H16N2O4S. The van der Waals surface area contributed by atoms with E-state index in [0.29, 0.717) is 12.4 Å². The predicted octanol–water partition coefficient (Wildman–Crippen LogP) is 0.796. The summed E-state index contributed by atoms with van der Waals surface area (Å²) in [5.41, 5.74) is 0. The molecule has 1 aromatic rings. The SMILES string of the molecule is CCS(=O)(=O)Oc1cccc(OCC2=NCCN2)c1. The molecule has 0 bridgehead atoms. The van der Waals surface area contributed by atoms with E-state index in [2.05, 4.69) is 10.3 Å². The molecule has 0 unspecified atom stereocenters. The Balaban J connectivity index is 1.98. The Morgan fingerprint density at radius 2 is 2.16 bits per heavy atom. The average Bonchev–Trinajstić information content (AvgIpc) is 2.89. The predicted molar refractivity (Wildman–Crippen MR) is 72.3 cm³/mol. The maximum absolute atomic E-state index is 11.4. The summed E-state index contributed by atoms with van der Waals surface area (Å²) in [6, 6.07) is 6.54. The fraction of sp³-hybridized carbons (Fsp3) is 0.417. The molecule has 104 valence electrons. The molecule has 0 spiro atoms. The molecule has 0 saturated heterocycles. The number of nitrogens with zero attached hydrogens (tertiary/aromatic N) is 1. The van der Waals surface area contributed by atoms with Crippen LogP contribution in [0.15, 0.2) is 29.3 Å². The fourth-order valence-corrected chi connectivity index (χ4v) is 2.03. The van der Waals surface area contributed by atoms with Crippen molar-refractivity contribution in [3.8, 4) is 11.5 Å². The number of rotatable bonds is 6. The molecule has 2 rings (SSSR count). The van der Waals surface area contributed by atoms with E-state index in [0.717, 1.165) is 18.9 Å². The highest BCUT2D eigenvalue weighted by molar-refractivity contribution is 7.87. The van der Waals surface area contributed by atoms with Crippen LogP contribution in [0.3, 0.4) is 0 Å². The monoisotopic (exact) mass is 284 g/mol. The van der Waals surface area contributed by atoms with Crippen LogP contribution in [-0.2, 0) is 10.1 Å². The number of amidine groups is 1. The lowest BCUT2D eigenvalue weighted by Gasteiger charge is -2.09. The van der Waals surface area contributed by atoms with Gasteiger partial charge >= 0.3 is 10.1 Å². The van der Waals surface area contributed by atoms with Gasteiger partial charge in [0.25, 0.3) is 0 Å². The van der Waals surface area contributed by atoms with Crippen LogP contribution >= 0.6 is 0 Å². The summed E-state index contributed by atoms with van der Waals surface area (Å²) >= 11 is 0. The summed E-state index contributed by atoms with van der Waals surface area (Å²) in [6.45, 7) is 3.46. The van der Waals surface area contributed by atoms with Crippen molar-refractivity contribution in [2.75, 3.05) is 25.4 Å². The van der Waals surface area contributed by atoms with E-state index in [1.807, 2.05) is 0 Å². The molecule has 1 aliphatic heterocycles. The smallest absolute Gasteiger partial charge is 0.308 e. The second kappa shape index (κ2) is 5.92. The van der Waals surface area contributed by atoms with Crippen molar-refractivity contribution in [3.05, 3.63) is 24.3 Å². The lowest BCUT2D eigenvalue weighted by Crippen LogP contribution is -2.24. The van der Waals surface area contributed by atoms with Crippen LogP contribution < -0.4 is 14.2 Å². The molecule has 0 amide bonds. The van der Waals surface area contributed by atoms with E-state index in [9.17, 15) is 8.42 Å². The van der Waals surface area contributed by atoms with Crippen molar-refractivity contribution in [3.63, 3.8) is 0 Å². The first kappa shape index (κ1) is 13.7. The third-order valence-electron chi connectivity index (χ3n) is 2.50. The Morgan fingerprint density at radius 3 is 2.84 bits per heavy atom. The summed E-state index contributed by atoms with van der Waals surface area (Å²) in [4.78, 5) is 4.20. The lowest BCUT2D eigenvalue weighted by molar-refractivity contribution is 0.372. The van der Waals surface area contributed by atoms with Crippen molar-refractivity contribution < 1.29 is 17.3 Å². The Labute approximate surface area is 112 Å². The Hall–Kier alpha value is -1.76. The standard InChI is InChI=1S/C12H16N2O4S/c1-2-19(15,16)18-11-5-3-4-10(8-11)17-9-12-13-6-7-14-12/h3-5,8H,2,6-7,9H2,1H3,(H,13,14). The molecule has 0 saturated carbocycles. The van der Waals surface area contributed by atoms with E-state index in [-0.39, 0.29) is 11.5 Å². The van der Waals surface area contributed by atoms with Crippen molar-refractivity contribution in [2.24, 2.45) is 4.99 Å². The van der Waals surface area contributed by atoms with Gasteiger partial charge < -0.3 is 14.2 Å². The van der Waals surface area contributed by atoms with Gasteiger partial charge in [-0.25, -0.2) is 0 Å². The Bertz CT molecular complexity index is 569. The first-order valence-corrected chi connectivity index (χ1v) is 7.59. The number of aliphatic imine (C=N–C) groups is 1. The number of benzene rings is 1. The van der Waals surface area contributed by atoms with Gasteiger partial charge in [0.2, 0.25) is 0 Å². The summed E-state index contributed by atoms with van der Waals surface area (Å²) in [5, 5.41) is 3.09. The third kappa shape index (κ3) is 4.13.